The van der Waals surface area contributed by atoms with Crippen molar-refractivity contribution in [1.82, 2.24) is 5.32 Å². The molecule has 108 valence electrons. The van der Waals surface area contributed by atoms with Crippen molar-refractivity contribution in [2.24, 2.45) is 5.41 Å². The first-order chi connectivity index (χ1) is 8.45. The highest BCUT2D eigenvalue weighted by molar-refractivity contribution is 4.90. The lowest BCUT2D eigenvalue weighted by Gasteiger charge is -2.29. The molecular formula is C14H29NO3. The maximum atomic E-state index is 9.87. The Hall–Kier alpha value is -0.160. The molecule has 0 aromatic carbocycles. The molecule has 0 amide bonds. The minimum Gasteiger partial charge on any atom is -0.389 e. The first-order valence-electron chi connectivity index (χ1n) is 6.97. The van der Waals surface area contributed by atoms with E-state index in [4.69, 9.17) is 9.47 Å². The van der Waals surface area contributed by atoms with Gasteiger partial charge >= 0.3 is 0 Å². The second kappa shape index (κ2) is 7.43. The van der Waals surface area contributed by atoms with E-state index < -0.39 is 6.10 Å². The van der Waals surface area contributed by atoms with Crippen molar-refractivity contribution in [2.75, 3.05) is 26.9 Å². The van der Waals surface area contributed by atoms with Crippen LogP contribution in [0.1, 0.15) is 40.0 Å². The third kappa shape index (κ3) is 5.22. The Morgan fingerprint density at radius 2 is 2.11 bits per heavy atom. The maximum absolute atomic E-state index is 9.87. The third-order valence-corrected chi connectivity index (χ3v) is 3.83. The van der Waals surface area contributed by atoms with Gasteiger partial charge in [-0.2, -0.15) is 0 Å². The number of hydrogen-bond donors (Lipinski definition) is 2. The van der Waals surface area contributed by atoms with Gasteiger partial charge < -0.3 is 19.9 Å². The Balaban J connectivity index is 2.15. The number of hydrogen-bond acceptors (Lipinski definition) is 4. The van der Waals surface area contributed by atoms with Gasteiger partial charge in [-0.1, -0.05) is 20.3 Å². The molecule has 1 aliphatic rings. The maximum Gasteiger partial charge on any atom is 0.0897 e. The molecule has 18 heavy (non-hydrogen) atoms. The smallest absolute Gasteiger partial charge is 0.0897 e. The molecule has 0 spiro atoms. The van der Waals surface area contributed by atoms with Crippen molar-refractivity contribution in [3.8, 4) is 0 Å². The van der Waals surface area contributed by atoms with Crippen molar-refractivity contribution in [3.05, 3.63) is 0 Å². The Morgan fingerprint density at radius 1 is 1.39 bits per heavy atom. The van der Waals surface area contributed by atoms with E-state index >= 15 is 0 Å². The SMILES string of the molecule is COCC(C)OCC(O)CNC1CCCC1(C)C. The van der Waals surface area contributed by atoms with Gasteiger partial charge in [0.2, 0.25) is 0 Å². The molecule has 0 aromatic rings. The Bertz CT molecular complexity index is 233. The van der Waals surface area contributed by atoms with Crippen LogP contribution >= 0.6 is 0 Å². The molecule has 0 saturated heterocycles. The fourth-order valence-corrected chi connectivity index (χ4v) is 2.60. The zero-order chi connectivity index (χ0) is 13.6. The average Bonchev–Trinajstić information content (AvgIpc) is 2.63. The highest BCUT2D eigenvalue weighted by atomic mass is 16.5. The van der Waals surface area contributed by atoms with E-state index in [1.165, 1.54) is 19.3 Å². The summed E-state index contributed by atoms with van der Waals surface area (Å²) < 4.78 is 10.5. The number of aliphatic hydroxyl groups excluding tert-OH is 1. The highest BCUT2D eigenvalue weighted by Gasteiger charge is 2.34. The summed E-state index contributed by atoms with van der Waals surface area (Å²) in [4.78, 5) is 0. The summed E-state index contributed by atoms with van der Waals surface area (Å²) >= 11 is 0. The average molecular weight is 259 g/mol. The summed E-state index contributed by atoms with van der Waals surface area (Å²) in [5.41, 5.74) is 0.351. The number of ether oxygens (including phenoxy) is 2. The van der Waals surface area contributed by atoms with Gasteiger partial charge in [0.1, 0.15) is 0 Å². The van der Waals surface area contributed by atoms with Gasteiger partial charge in [-0.3, -0.25) is 0 Å². The van der Waals surface area contributed by atoms with Crippen LogP contribution in [-0.2, 0) is 9.47 Å². The van der Waals surface area contributed by atoms with E-state index in [-0.39, 0.29) is 6.10 Å². The molecular weight excluding hydrogens is 230 g/mol. The lowest BCUT2D eigenvalue weighted by atomic mass is 9.87. The van der Waals surface area contributed by atoms with E-state index in [1.807, 2.05) is 6.92 Å². The molecule has 0 aliphatic heterocycles. The van der Waals surface area contributed by atoms with Crippen molar-refractivity contribution in [2.45, 2.75) is 58.3 Å². The van der Waals surface area contributed by atoms with E-state index in [0.717, 1.165) is 0 Å². The van der Waals surface area contributed by atoms with E-state index in [1.54, 1.807) is 7.11 Å². The molecule has 1 saturated carbocycles. The molecule has 1 fully saturated rings. The van der Waals surface area contributed by atoms with Crippen molar-refractivity contribution in [1.29, 1.82) is 0 Å². The summed E-state index contributed by atoms with van der Waals surface area (Å²) in [5, 5.41) is 13.3. The predicted molar refractivity (Wildman–Crippen MR) is 72.7 cm³/mol. The van der Waals surface area contributed by atoms with Crippen LogP contribution in [0.5, 0.6) is 0 Å². The molecule has 4 nitrogen and oxygen atoms in total. The predicted octanol–water partition coefficient (Wildman–Crippen LogP) is 1.57. The monoisotopic (exact) mass is 259 g/mol. The van der Waals surface area contributed by atoms with Crippen LogP contribution in [-0.4, -0.2) is 50.2 Å². The molecule has 4 heteroatoms. The van der Waals surface area contributed by atoms with Crippen LogP contribution < -0.4 is 5.32 Å². The molecule has 2 N–H and O–H groups in total. The van der Waals surface area contributed by atoms with Gasteiger partial charge in [-0.15, -0.1) is 0 Å². The standard InChI is InChI=1S/C14H29NO3/c1-11(9-17-4)18-10-12(16)8-15-13-6-5-7-14(13,2)3/h11-13,15-16H,5-10H2,1-4H3. The quantitative estimate of drug-likeness (QED) is 0.695. The Labute approximate surface area is 111 Å². The van der Waals surface area contributed by atoms with Gasteiger partial charge in [0, 0.05) is 19.7 Å². The van der Waals surface area contributed by atoms with Crippen LogP contribution in [0.25, 0.3) is 0 Å². The van der Waals surface area contributed by atoms with Crippen molar-refractivity contribution < 1.29 is 14.6 Å². The largest absolute Gasteiger partial charge is 0.389 e. The van der Waals surface area contributed by atoms with Gasteiger partial charge in [0.05, 0.1) is 25.4 Å². The molecule has 1 rings (SSSR count). The summed E-state index contributed by atoms with van der Waals surface area (Å²) in [6.45, 7) is 8.07. The van der Waals surface area contributed by atoms with Gasteiger partial charge in [0.25, 0.3) is 0 Å². The van der Waals surface area contributed by atoms with Crippen LogP contribution in [0.4, 0.5) is 0 Å². The highest BCUT2D eigenvalue weighted by Crippen LogP contribution is 2.36. The Kier molecular flexibility index (Phi) is 6.57. The van der Waals surface area contributed by atoms with Crippen molar-refractivity contribution in [3.63, 3.8) is 0 Å². The van der Waals surface area contributed by atoms with Crippen LogP contribution in [0.2, 0.25) is 0 Å². The second-order valence-corrected chi connectivity index (χ2v) is 6.09. The number of methoxy groups -OCH3 is 1. The molecule has 3 atom stereocenters. The normalized spacial score (nSPS) is 26.2. The zero-order valence-corrected chi connectivity index (χ0v) is 12.2. The van der Waals surface area contributed by atoms with Crippen LogP contribution in [0.3, 0.4) is 0 Å². The van der Waals surface area contributed by atoms with Crippen LogP contribution in [0, 0.1) is 5.41 Å². The molecule has 0 bridgehead atoms. The summed E-state index contributed by atoms with van der Waals surface area (Å²) in [7, 11) is 1.65. The summed E-state index contributed by atoms with van der Waals surface area (Å²) in [6.07, 6.45) is 3.35. The van der Waals surface area contributed by atoms with Crippen molar-refractivity contribution >= 4 is 0 Å². The molecule has 3 unspecified atom stereocenters. The first kappa shape index (κ1) is 15.9. The molecule has 0 aromatic heterocycles. The first-order valence-corrected chi connectivity index (χ1v) is 6.97. The van der Waals surface area contributed by atoms with E-state index in [2.05, 4.69) is 19.2 Å². The fraction of sp³-hybridized carbons (Fsp3) is 1.00. The summed E-state index contributed by atoms with van der Waals surface area (Å²) in [6, 6.07) is 0.517. The minimum absolute atomic E-state index is 0.0348. The zero-order valence-electron chi connectivity index (χ0n) is 12.2. The topological polar surface area (TPSA) is 50.7 Å². The lowest BCUT2D eigenvalue weighted by molar-refractivity contribution is -0.0321. The third-order valence-electron chi connectivity index (χ3n) is 3.83. The van der Waals surface area contributed by atoms with Gasteiger partial charge in [0.15, 0.2) is 0 Å². The van der Waals surface area contributed by atoms with Gasteiger partial charge in [-0.25, -0.2) is 0 Å². The van der Waals surface area contributed by atoms with Crippen LogP contribution in [0.15, 0.2) is 0 Å². The number of rotatable bonds is 8. The number of aliphatic hydroxyl groups is 1. The van der Waals surface area contributed by atoms with E-state index in [0.29, 0.717) is 31.2 Å². The molecule has 0 radical (unpaired) electrons. The lowest BCUT2D eigenvalue weighted by Crippen LogP contribution is -2.43. The number of nitrogens with one attached hydrogen (secondary N) is 1. The molecule has 1 aliphatic carbocycles. The minimum atomic E-state index is -0.444. The Morgan fingerprint density at radius 3 is 2.67 bits per heavy atom. The summed E-state index contributed by atoms with van der Waals surface area (Å²) in [5.74, 6) is 0. The van der Waals surface area contributed by atoms with Gasteiger partial charge in [-0.05, 0) is 25.2 Å². The second-order valence-electron chi connectivity index (χ2n) is 6.09. The molecule has 0 heterocycles. The fourth-order valence-electron chi connectivity index (χ4n) is 2.60. The van der Waals surface area contributed by atoms with E-state index in [9.17, 15) is 5.11 Å².